The monoisotopic (exact) mass is 265 g/mol. The van der Waals surface area contributed by atoms with Crippen LogP contribution in [-0.4, -0.2) is 17.8 Å². The maximum atomic E-state index is 5.86. The molecule has 18 heavy (non-hydrogen) atoms. The molecule has 0 aromatic heterocycles. The Balaban J connectivity index is 2.09. The van der Waals surface area contributed by atoms with Gasteiger partial charge in [-0.3, -0.25) is 5.43 Å². The third-order valence-corrected chi connectivity index (χ3v) is 4.44. The van der Waals surface area contributed by atoms with Crippen molar-refractivity contribution in [2.24, 2.45) is 11.7 Å². The van der Waals surface area contributed by atoms with Crippen LogP contribution in [0.5, 0.6) is 0 Å². The van der Waals surface area contributed by atoms with Crippen LogP contribution in [0.2, 0.25) is 0 Å². The minimum absolute atomic E-state index is 0.322. The molecule has 4 heteroatoms. The van der Waals surface area contributed by atoms with Crippen LogP contribution in [0.3, 0.4) is 0 Å². The molecule has 0 radical (unpaired) electrons. The summed E-state index contributed by atoms with van der Waals surface area (Å²) in [5.41, 5.74) is 13.8. The van der Waals surface area contributed by atoms with E-state index in [-0.39, 0.29) is 0 Å². The minimum Gasteiger partial charge on any atom is -0.330 e. The van der Waals surface area contributed by atoms with Crippen LogP contribution < -0.4 is 16.6 Å². The molecule has 1 saturated heterocycles. The fraction of sp³-hybridized carbons (Fsp3) is 0.571. The SMILES string of the molecule is CC(C)Sc1ccc(C2NNC(C)C2CN)cc1. The molecule has 1 aliphatic heterocycles. The highest BCUT2D eigenvalue weighted by molar-refractivity contribution is 7.99. The predicted octanol–water partition coefficient (Wildman–Crippen LogP) is 2.30. The molecule has 1 fully saturated rings. The third-order valence-electron chi connectivity index (χ3n) is 3.42. The number of rotatable bonds is 4. The zero-order valence-electron chi connectivity index (χ0n) is 11.3. The first-order valence-electron chi connectivity index (χ1n) is 6.59. The summed E-state index contributed by atoms with van der Waals surface area (Å²) >= 11 is 1.90. The Labute approximate surface area is 114 Å². The van der Waals surface area contributed by atoms with Crippen molar-refractivity contribution < 1.29 is 0 Å². The molecule has 1 aliphatic rings. The molecular formula is C14H23N3S. The summed E-state index contributed by atoms with van der Waals surface area (Å²) in [7, 11) is 0. The number of thioether (sulfide) groups is 1. The number of hydrogen-bond acceptors (Lipinski definition) is 4. The summed E-state index contributed by atoms with van der Waals surface area (Å²) < 4.78 is 0. The van der Waals surface area contributed by atoms with E-state index in [1.807, 2.05) is 11.8 Å². The van der Waals surface area contributed by atoms with Gasteiger partial charge in [0.25, 0.3) is 0 Å². The normalized spacial score (nSPS) is 27.9. The molecule has 1 aromatic carbocycles. The zero-order chi connectivity index (χ0) is 13.1. The molecule has 0 aliphatic carbocycles. The van der Waals surface area contributed by atoms with Gasteiger partial charge in [0.2, 0.25) is 0 Å². The molecule has 4 N–H and O–H groups in total. The van der Waals surface area contributed by atoms with E-state index in [0.717, 1.165) is 0 Å². The van der Waals surface area contributed by atoms with Crippen molar-refractivity contribution in [2.75, 3.05) is 6.54 Å². The summed E-state index contributed by atoms with van der Waals surface area (Å²) in [6.45, 7) is 7.31. The molecule has 100 valence electrons. The summed E-state index contributed by atoms with van der Waals surface area (Å²) in [6, 6.07) is 9.58. The molecule has 0 spiro atoms. The highest BCUT2D eigenvalue weighted by Crippen LogP contribution is 2.30. The minimum atomic E-state index is 0.322. The Morgan fingerprint density at radius 2 is 1.89 bits per heavy atom. The van der Waals surface area contributed by atoms with Gasteiger partial charge in [0.1, 0.15) is 0 Å². The first-order valence-corrected chi connectivity index (χ1v) is 7.47. The van der Waals surface area contributed by atoms with Crippen molar-refractivity contribution in [1.82, 2.24) is 10.9 Å². The molecule has 1 heterocycles. The summed E-state index contributed by atoms with van der Waals surface area (Å²) in [6.07, 6.45) is 0. The van der Waals surface area contributed by atoms with Gasteiger partial charge < -0.3 is 5.73 Å². The molecule has 3 nitrogen and oxygen atoms in total. The first kappa shape index (κ1) is 13.9. The van der Waals surface area contributed by atoms with Crippen molar-refractivity contribution in [2.45, 2.75) is 43.0 Å². The van der Waals surface area contributed by atoms with Gasteiger partial charge in [-0.25, -0.2) is 5.43 Å². The van der Waals surface area contributed by atoms with Crippen LogP contribution in [0.15, 0.2) is 29.2 Å². The van der Waals surface area contributed by atoms with Gasteiger partial charge in [-0.2, -0.15) is 0 Å². The van der Waals surface area contributed by atoms with Crippen molar-refractivity contribution in [1.29, 1.82) is 0 Å². The van der Waals surface area contributed by atoms with Crippen LogP contribution in [-0.2, 0) is 0 Å². The van der Waals surface area contributed by atoms with Crippen molar-refractivity contribution in [3.63, 3.8) is 0 Å². The molecule has 0 saturated carbocycles. The largest absolute Gasteiger partial charge is 0.330 e. The van der Waals surface area contributed by atoms with E-state index in [1.165, 1.54) is 10.5 Å². The molecular weight excluding hydrogens is 242 g/mol. The second-order valence-electron chi connectivity index (χ2n) is 5.19. The molecule has 2 rings (SSSR count). The van der Waals surface area contributed by atoms with E-state index < -0.39 is 0 Å². The summed E-state index contributed by atoms with van der Waals surface area (Å²) in [5.74, 6) is 0.452. The van der Waals surface area contributed by atoms with Gasteiger partial charge in [0.15, 0.2) is 0 Å². The molecule has 1 aromatic rings. The Hall–Kier alpha value is -0.550. The average molecular weight is 265 g/mol. The van der Waals surface area contributed by atoms with E-state index in [0.29, 0.717) is 29.8 Å². The molecule has 3 unspecified atom stereocenters. The van der Waals surface area contributed by atoms with E-state index in [1.54, 1.807) is 0 Å². The first-order chi connectivity index (χ1) is 8.61. The quantitative estimate of drug-likeness (QED) is 0.731. The summed E-state index contributed by atoms with van der Waals surface area (Å²) in [4.78, 5) is 1.33. The predicted molar refractivity (Wildman–Crippen MR) is 78.5 cm³/mol. The van der Waals surface area contributed by atoms with Gasteiger partial charge >= 0.3 is 0 Å². The second kappa shape index (κ2) is 6.06. The lowest BCUT2D eigenvalue weighted by Crippen LogP contribution is -2.30. The Morgan fingerprint density at radius 3 is 2.44 bits per heavy atom. The van der Waals surface area contributed by atoms with E-state index in [2.05, 4.69) is 55.9 Å². The average Bonchev–Trinajstić information content (AvgIpc) is 2.70. The maximum Gasteiger partial charge on any atom is 0.0517 e. The number of nitrogens with one attached hydrogen (secondary N) is 2. The Kier molecular flexibility index (Phi) is 4.67. The number of benzene rings is 1. The van der Waals surface area contributed by atoms with Gasteiger partial charge in [-0.05, 0) is 31.2 Å². The van der Waals surface area contributed by atoms with Gasteiger partial charge in [0, 0.05) is 22.1 Å². The number of hydrazine groups is 1. The summed E-state index contributed by atoms with van der Waals surface area (Å²) in [5, 5.41) is 0.624. The molecule has 0 bridgehead atoms. The highest BCUT2D eigenvalue weighted by atomic mass is 32.2. The topological polar surface area (TPSA) is 50.1 Å². The fourth-order valence-corrected chi connectivity index (χ4v) is 3.26. The zero-order valence-corrected chi connectivity index (χ0v) is 12.1. The van der Waals surface area contributed by atoms with Crippen LogP contribution in [0.1, 0.15) is 32.4 Å². The van der Waals surface area contributed by atoms with E-state index in [4.69, 9.17) is 5.73 Å². The van der Waals surface area contributed by atoms with Gasteiger partial charge in [0.05, 0.1) is 6.04 Å². The van der Waals surface area contributed by atoms with Crippen molar-refractivity contribution >= 4 is 11.8 Å². The van der Waals surface area contributed by atoms with Crippen LogP contribution in [0.4, 0.5) is 0 Å². The smallest absolute Gasteiger partial charge is 0.0517 e. The number of nitrogens with two attached hydrogens (primary N) is 1. The van der Waals surface area contributed by atoms with Crippen LogP contribution >= 0.6 is 11.8 Å². The van der Waals surface area contributed by atoms with Gasteiger partial charge in [-0.15, -0.1) is 11.8 Å². The highest BCUT2D eigenvalue weighted by Gasteiger charge is 2.32. The second-order valence-corrected chi connectivity index (χ2v) is 6.84. The lowest BCUT2D eigenvalue weighted by molar-refractivity contribution is 0.444. The van der Waals surface area contributed by atoms with Crippen molar-refractivity contribution in [3.8, 4) is 0 Å². The van der Waals surface area contributed by atoms with Crippen LogP contribution in [0.25, 0.3) is 0 Å². The molecule has 0 amide bonds. The van der Waals surface area contributed by atoms with Crippen LogP contribution in [0, 0.1) is 5.92 Å². The fourth-order valence-electron chi connectivity index (χ4n) is 2.42. The van der Waals surface area contributed by atoms with E-state index >= 15 is 0 Å². The molecule has 3 atom stereocenters. The Bertz CT molecular complexity index is 377. The number of hydrogen-bond donors (Lipinski definition) is 3. The maximum absolute atomic E-state index is 5.86. The Morgan fingerprint density at radius 1 is 1.22 bits per heavy atom. The lowest BCUT2D eigenvalue weighted by Gasteiger charge is -2.19. The van der Waals surface area contributed by atoms with E-state index in [9.17, 15) is 0 Å². The van der Waals surface area contributed by atoms with Crippen molar-refractivity contribution in [3.05, 3.63) is 29.8 Å². The standard InChI is InChI=1S/C14H23N3S/c1-9(2)18-12-6-4-11(5-7-12)14-13(8-15)10(3)16-17-14/h4-7,9-10,13-14,16-17H,8,15H2,1-3H3. The lowest BCUT2D eigenvalue weighted by atomic mass is 9.90. The van der Waals surface area contributed by atoms with Gasteiger partial charge in [-0.1, -0.05) is 26.0 Å². The third kappa shape index (κ3) is 3.06.